The van der Waals surface area contributed by atoms with E-state index in [1.54, 1.807) is 0 Å². The van der Waals surface area contributed by atoms with E-state index in [1.807, 2.05) is 33.9 Å². The maximum atomic E-state index is 12.4. The Labute approximate surface area is 136 Å². The molecule has 0 spiro atoms. The van der Waals surface area contributed by atoms with Crippen LogP contribution in [0.4, 0.5) is 4.79 Å². The summed E-state index contributed by atoms with van der Waals surface area (Å²) in [5.74, 6) is 0.421. The quantitative estimate of drug-likeness (QED) is 0.776. The second-order valence-corrected chi connectivity index (χ2v) is 13.1. The zero-order valence-electron chi connectivity index (χ0n) is 15.2. The normalized spacial score (nSPS) is 24.0. The highest BCUT2D eigenvalue weighted by atomic mass is 28.4. The van der Waals surface area contributed by atoms with Gasteiger partial charge in [-0.1, -0.05) is 32.0 Å². The highest BCUT2D eigenvalue weighted by Crippen LogP contribution is 2.41. The summed E-state index contributed by atoms with van der Waals surface area (Å²) in [6.07, 6.45) is 1.45. The molecular formula is C16H33N2O3Si-. The van der Waals surface area contributed by atoms with Crippen molar-refractivity contribution in [2.75, 3.05) is 13.1 Å². The van der Waals surface area contributed by atoms with E-state index in [0.29, 0.717) is 5.92 Å². The number of carbonyl (C=O) groups is 1. The SMILES string of the molecule is CC(C)(C)OC(=O)N[C@H]1CNCC(CC(C)(C)[Si](C)(C)[O-])C1. The van der Waals surface area contributed by atoms with Crippen molar-refractivity contribution in [1.29, 1.82) is 0 Å². The average Bonchev–Trinajstić information content (AvgIpc) is 2.23. The second-order valence-electron chi connectivity index (χ2n) is 8.70. The molecule has 2 N–H and O–H groups in total. The maximum Gasteiger partial charge on any atom is 0.407 e. The molecule has 1 rings (SSSR count). The Morgan fingerprint density at radius 3 is 2.36 bits per heavy atom. The van der Waals surface area contributed by atoms with Crippen molar-refractivity contribution in [2.45, 2.75) is 77.2 Å². The lowest BCUT2D eigenvalue weighted by atomic mass is 9.88. The summed E-state index contributed by atoms with van der Waals surface area (Å²) < 4.78 is 5.31. The fourth-order valence-electron chi connectivity index (χ4n) is 2.74. The zero-order chi connectivity index (χ0) is 17.2. The molecule has 0 saturated carbocycles. The van der Waals surface area contributed by atoms with Crippen molar-refractivity contribution < 1.29 is 14.3 Å². The highest BCUT2D eigenvalue weighted by molar-refractivity contribution is 6.71. The van der Waals surface area contributed by atoms with Crippen LogP contribution in [0.2, 0.25) is 18.1 Å². The third-order valence-electron chi connectivity index (χ3n) is 4.59. The van der Waals surface area contributed by atoms with Crippen LogP contribution in [-0.2, 0) is 4.74 Å². The van der Waals surface area contributed by atoms with E-state index in [9.17, 15) is 9.59 Å². The van der Waals surface area contributed by atoms with Crippen LogP contribution < -0.4 is 15.4 Å². The summed E-state index contributed by atoms with van der Waals surface area (Å²) in [6.45, 7) is 15.2. The molecule has 2 atom stereocenters. The molecular weight excluding hydrogens is 296 g/mol. The summed E-state index contributed by atoms with van der Waals surface area (Å²) in [6, 6.07) is 0.0702. The summed E-state index contributed by atoms with van der Waals surface area (Å²) in [4.78, 5) is 24.3. The Morgan fingerprint density at radius 2 is 1.86 bits per heavy atom. The number of hydrogen-bond acceptors (Lipinski definition) is 4. The third-order valence-corrected chi connectivity index (χ3v) is 8.06. The van der Waals surface area contributed by atoms with Gasteiger partial charge < -0.3 is 20.2 Å². The molecule has 1 amide bonds. The van der Waals surface area contributed by atoms with Crippen LogP contribution in [0.25, 0.3) is 0 Å². The van der Waals surface area contributed by atoms with E-state index >= 15 is 0 Å². The number of nitrogens with one attached hydrogen (secondary N) is 2. The molecule has 1 fully saturated rings. The minimum absolute atomic E-state index is 0.0702. The Bertz CT molecular complexity index is 386. The number of alkyl carbamates (subject to hydrolysis) is 1. The van der Waals surface area contributed by atoms with Gasteiger partial charge in [0.1, 0.15) is 5.60 Å². The largest absolute Gasteiger partial charge is 0.858 e. The van der Waals surface area contributed by atoms with Crippen molar-refractivity contribution in [3.05, 3.63) is 0 Å². The zero-order valence-corrected chi connectivity index (χ0v) is 16.2. The first-order valence-corrected chi connectivity index (χ1v) is 11.1. The van der Waals surface area contributed by atoms with E-state index in [0.717, 1.165) is 25.9 Å². The Kier molecular flexibility index (Phi) is 6.09. The lowest BCUT2D eigenvalue weighted by Crippen LogP contribution is -2.55. The van der Waals surface area contributed by atoms with Crippen LogP contribution in [0.3, 0.4) is 0 Å². The van der Waals surface area contributed by atoms with Crippen LogP contribution >= 0.6 is 0 Å². The molecule has 0 aromatic rings. The standard InChI is InChI=1S/C16H33N2O3Si/c1-15(2,3)21-14(19)18-13-8-12(10-17-11-13)9-16(4,5)22(6,7)20/h12-13,17H,8-11H2,1-7H3,(H,18,19)/q-1/t12?,13-/m1/s1. The first-order valence-electron chi connectivity index (χ1n) is 8.21. The van der Waals surface area contributed by atoms with E-state index < -0.39 is 13.9 Å². The molecule has 6 heteroatoms. The first kappa shape index (κ1) is 19.5. The van der Waals surface area contributed by atoms with Crippen LogP contribution in [0.15, 0.2) is 0 Å². The summed E-state index contributed by atoms with van der Waals surface area (Å²) in [5, 5.41) is 6.16. The topological polar surface area (TPSA) is 73.4 Å². The van der Waals surface area contributed by atoms with Gasteiger partial charge in [-0.25, -0.2) is 4.79 Å². The minimum atomic E-state index is -2.44. The van der Waals surface area contributed by atoms with Gasteiger partial charge in [0, 0.05) is 12.6 Å². The smallest absolute Gasteiger partial charge is 0.407 e. The Balaban J connectivity index is 2.53. The maximum absolute atomic E-state index is 12.4. The van der Waals surface area contributed by atoms with Crippen molar-refractivity contribution >= 4 is 14.4 Å². The monoisotopic (exact) mass is 329 g/mol. The Morgan fingerprint density at radius 1 is 1.27 bits per heavy atom. The lowest BCUT2D eigenvalue weighted by Gasteiger charge is -2.49. The minimum Gasteiger partial charge on any atom is -0.858 e. The van der Waals surface area contributed by atoms with Crippen LogP contribution in [0.1, 0.15) is 47.5 Å². The van der Waals surface area contributed by atoms with Crippen LogP contribution in [0.5, 0.6) is 0 Å². The van der Waals surface area contributed by atoms with E-state index in [4.69, 9.17) is 4.74 Å². The fraction of sp³-hybridized carbons (Fsp3) is 0.938. The van der Waals surface area contributed by atoms with Gasteiger partial charge in [-0.05, 0) is 54.4 Å². The lowest BCUT2D eigenvalue weighted by molar-refractivity contribution is -0.213. The predicted octanol–water partition coefficient (Wildman–Crippen LogP) is 2.22. The summed E-state index contributed by atoms with van der Waals surface area (Å²) >= 11 is 0. The van der Waals surface area contributed by atoms with E-state index in [-0.39, 0.29) is 17.2 Å². The van der Waals surface area contributed by atoms with Gasteiger partial charge in [0.25, 0.3) is 0 Å². The Hall–Kier alpha value is -0.593. The van der Waals surface area contributed by atoms with Gasteiger partial charge in [-0.2, -0.15) is 0 Å². The van der Waals surface area contributed by atoms with Gasteiger partial charge in [-0.3, -0.25) is 0 Å². The molecule has 0 radical (unpaired) electrons. The van der Waals surface area contributed by atoms with E-state index in [1.165, 1.54) is 0 Å². The molecule has 0 aromatic heterocycles. The third kappa shape index (κ3) is 6.26. The molecule has 5 nitrogen and oxygen atoms in total. The van der Waals surface area contributed by atoms with Gasteiger partial charge in [0.2, 0.25) is 0 Å². The van der Waals surface area contributed by atoms with Crippen molar-refractivity contribution in [3.8, 4) is 0 Å². The predicted molar refractivity (Wildman–Crippen MR) is 90.3 cm³/mol. The molecule has 1 unspecified atom stereocenters. The molecule has 1 heterocycles. The van der Waals surface area contributed by atoms with Gasteiger partial charge >= 0.3 is 6.09 Å². The number of ether oxygens (including phenoxy) is 1. The number of rotatable bonds is 4. The molecule has 0 bridgehead atoms. The molecule has 130 valence electrons. The molecule has 1 saturated heterocycles. The molecule has 22 heavy (non-hydrogen) atoms. The van der Waals surface area contributed by atoms with Crippen LogP contribution in [0, 0.1) is 5.92 Å². The average molecular weight is 330 g/mol. The van der Waals surface area contributed by atoms with Crippen molar-refractivity contribution in [1.82, 2.24) is 10.6 Å². The molecule has 0 aliphatic carbocycles. The van der Waals surface area contributed by atoms with Crippen LogP contribution in [-0.4, -0.2) is 39.1 Å². The number of amides is 1. The second kappa shape index (κ2) is 6.89. The van der Waals surface area contributed by atoms with Gasteiger partial charge in [-0.15, -0.1) is 0 Å². The van der Waals surface area contributed by atoms with Crippen molar-refractivity contribution in [2.24, 2.45) is 5.92 Å². The number of carbonyl (C=O) groups excluding carboxylic acids is 1. The molecule has 1 aliphatic rings. The fourth-order valence-corrected chi connectivity index (χ4v) is 3.52. The van der Waals surface area contributed by atoms with Crippen molar-refractivity contribution in [3.63, 3.8) is 0 Å². The molecule has 0 aromatic carbocycles. The molecule has 1 aliphatic heterocycles. The number of piperidine rings is 1. The first-order chi connectivity index (χ1) is 9.80. The van der Waals surface area contributed by atoms with Gasteiger partial charge in [0.15, 0.2) is 0 Å². The summed E-state index contributed by atoms with van der Waals surface area (Å²) in [7, 11) is -2.44. The summed E-state index contributed by atoms with van der Waals surface area (Å²) in [5.41, 5.74) is -0.480. The number of hydrogen-bond donors (Lipinski definition) is 2. The van der Waals surface area contributed by atoms with E-state index in [2.05, 4.69) is 24.5 Å². The van der Waals surface area contributed by atoms with Gasteiger partial charge in [0.05, 0.1) is 0 Å². The highest BCUT2D eigenvalue weighted by Gasteiger charge is 2.34.